The number of anilines is 1. The summed E-state index contributed by atoms with van der Waals surface area (Å²) in [6.07, 6.45) is 4.12. The van der Waals surface area contributed by atoms with E-state index in [1.54, 1.807) is 34.8 Å². The van der Waals surface area contributed by atoms with Gasteiger partial charge in [0, 0.05) is 31.1 Å². The number of thioether (sulfide) groups is 1. The Kier molecular flexibility index (Phi) is 5.10. The van der Waals surface area contributed by atoms with Gasteiger partial charge in [-0.05, 0) is 50.3 Å². The van der Waals surface area contributed by atoms with Gasteiger partial charge in [0.2, 0.25) is 0 Å². The molecule has 1 fully saturated rings. The normalized spacial score (nSPS) is 17.4. The molecule has 1 saturated heterocycles. The van der Waals surface area contributed by atoms with Crippen LogP contribution < -0.4 is 10.2 Å². The lowest BCUT2D eigenvalue weighted by molar-refractivity contribution is 0.0923. The van der Waals surface area contributed by atoms with Crippen LogP contribution in [0.2, 0.25) is 0 Å². The highest BCUT2D eigenvalue weighted by Gasteiger charge is 2.25. The van der Waals surface area contributed by atoms with E-state index >= 15 is 0 Å². The minimum Gasteiger partial charge on any atom is -0.346 e. The zero-order valence-electron chi connectivity index (χ0n) is 15.7. The van der Waals surface area contributed by atoms with Gasteiger partial charge in [0.25, 0.3) is 5.91 Å². The number of carbonyl (C=O) groups excluding carboxylic acids is 1. The highest BCUT2D eigenvalue weighted by atomic mass is 32.2. The molecule has 6 nitrogen and oxygen atoms in total. The predicted octanol–water partition coefficient (Wildman–Crippen LogP) is 3.46. The fraction of sp³-hybridized carbons (Fsp3) is 0.421. The van der Waals surface area contributed by atoms with Crippen molar-refractivity contribution >= 4 is 44.4 Å². The molecule has 1 N–H and O–H groups in total. The van der Waals surface area contributed by atoms with Crippen LogP contribution in [0.15, 0.2) is 29.2 Å². The summed E-state index contributed by atoms with van der Waals surface area (Å²) in [4.78, 5) is 21.0. The average molecular weight is 402 g/mol. The van der Waals surface area contributed by atoms with Gasteiger partial charge in [0.15, 0.2) is 5.13 Å². The molecular formula is C19H23N5OS2. The lowest BCUT2D eigenvalue weighted by Crippen LogP contribution is -2.48. The minimum atomic E-state index is -0.0566. The number of fused-ring (bicyclic) bond motifs is 1. The van der Waals surface area contributed by atoms with Gasteiger partial charge in [0.1, 0.15) is 5.69 Å². The lowest BCUT2D eigenvalue weighted by Gasteiger charge is -2.32. The molecule has 27 heavy (non-hydrogen) atoms. The second-order valence-electron chi connectivity index (χ2n) is 6.88. The molecule has 1 amide bonds. The third-order valence-corrected chi connectivity index (χ3v) is 6.65. The number of thiazole rings is 1. The molecule has 0 radical (unpaired) electrons. The largest absolute Gasteiger partial charge is 0.346 e. The molecule has 3 aromatic rings. The summed E-state index contributed by atoms with van der Waals surface area (Å²) in [7, 11) is 1.80. The molecule has 4 rings (SSSR count). The number of hydrogen-bond donors (Lipinski definition) is 1. The average Bonchev–Trinajstić information content (AvgIpc) is 3.23. The first-order valence-corrected chi connectivity index (χ1v) is 11.1. The van der Waals surface area contributed by atoms with Crippen molar-refractivity contribution in [1.82, 2.24) is 20.1 Å². The molecule has 1 unspecified atom stereocenters. The first-order valence-electron chi connectivity index (χ1n) is 9.04. The third kappa shape index (κ3) is 3.82. The first kappa shape index (κ1) is 18.3. The van der Waals surface area contributed by atoms with Crippen LogP contribution >= 0.6 is 23.1 Å². The number of nitrogens with one attached hydrogen (secondary N) is 1. The van der Waals surface area contributed by atoms with E-state index < -0.39 is 0 Å². The topological polar surface area (TPSA) is 63.1 Å². The monoisotopic (exact) mass is 401 g/mol. The molecule has 3 heterocycles. The van der Waals surface area contributed by atoms with Crippen molar-refractivity contribution < 1.29 is 4.79 Å². The summed E-state index contributed by atoms with van der Waals surface area (Å²) in [5.74, 6) is -0.0566. The number of aryl methyl sites for hydroxylation is 2. The molecule has 1 aromatic carbocycles. The lowest BCUT2D eigenvalue weighted by atomic mass is 10.1. The molecule has 142 valence electrons. The van der Waals surface area contributed by atoms with Gasteiger partial charge in [-0.3, -0.25) is 9.48 Å². The zero-order chi connectivity index (χ0) is 19.0. The quantitative estimate of drug-likeness (QED) is 0.679. The Morgan fingerprint density at radius 2 is 2.22 bits per heavy atom. The van der Waals surface area contributed by atoms with Crippen molar-refractivity contribution in [2.45, 2.75) is 30.7 Å². The van der Waals surface area contributed by atoms with Gasteiger partial charge in [-0.25, -0.2) is 4.98 Å². The van der Waals surface area contributed by atoms with Gasteiger partial charge in [-0.1, -0.05) is 11.3 Å². The van der Waals surface area contributed by atoms with Crippen molar-refractivity contribution in [3.05, 3.63) is 35.7 Å². The summed E-state index contributed by atoms with van der Waals surface area (Å²) in [5.41, 5.74) is 2.51. The third-order valence-electron chi connectivity index (χ3n) is 4.85. The molecule has 0 aliphatic carbocycles. The number of amides is 1. The second-order valence-corrected chi connectivity index (χ2v) is 8.77. The van der Waals surface area contributed by atoms with Crippen molar-refractivity contribution in [3.63, 3.8) is 0 Å². The van der Waals surface area contributed by atoms with E-state index in [2.05, 4.69) is 39.8 Å². The molecule has 0 saturated carbocycles. The van der Waals surface area contributed by atoms with Crippen LogP contribution in [0.3, 0.4) is 0 Å². The summed E-state index contributed by atoms with van der Waals surface area (Å²) >= 11 is 3.48. The van der Waals surface area contributed by atoms with Crippen molar-refractivity contribution in [1.29, 1.82) is 0 Å². The van der Waals surface area contributed by atoms with Crippen LogP contribution in [0.25, 0.3) is 10.2 Å². The van der Waals surface area contributed by atoms with Gasteiger partial charge in [-0.2, -0.15) is 5.10 Å². The number of hydrogen-bond acceptors (Lipinski definition) is 6. The Balaban J connectivity index is 1.48. The Bertz CT molecular complexity index is 980. The predicted molar refractivity (Wildman–Crippen MR) is 112 cm³/mol. The summed E-state index contributed by atoms with van der Waals surface area (Å²) in [6, 6.07) is 8.36. The van der Waals surface area contributed by atoms with Crippen LogP contribution in [-0.2, 0) is 7.05 Å². The molecule has 2 aromatic heterocycles. The summed E-state index contributed by atoms with van der Waals surface area (Å²) < 4.78 is 2.86. The SMILES string of the molecule is CSc1ccc2nc(N3CCCC(NC(=O)c4cc(C)nn4C)C3)sc2c1. The number of rotatable bonds is 4. The molecule has 1 atom stereocenters. The Labute approximate surface area is 167 Å². The fourth-order valence-electron chi connectivity index (χ4n) is 3.51. The van der Waals surface area contributed by atoms with Crippen LogP contribution in [0.4, 0.5) is 5.13 Å². The summed E-state index contributed by atoms with van der Waals surface area (Å²) in [6.45, 7) is 3.67. The molecular weight excluding hydrogens is 378 g/mol. The highest BCUT2D eigenvalue weighted by molar-refractivity contribution is 7.98. The van der Waals surface area contributed by atoms with Crippen LogP contribution in [0, 0.1) is 6.92 Å². The molecule has 1 aliphatic rings. The van der Waals surface area contributed by atoms with Crippen molar-refractivity contribution in [2.75, 3.05) is 24.2 Å². The van der Waals surface area contributed by atoms with Gasteiger partial charge >= 0.3 is 0 Å². The zero-order valence-corrected chi connectivity index (χ0v) is 17.4. The molecule has 0 spiro atoms. The number of nitrogens with zero attached hydrogens (tertiary/aromatic N) is 4. The smallest absolute Gasteiger partial charge is 0.269 e. The molecule has 1 aliphatic heterocycles. The Morgan fingerprint density at radius 1 is 1.37 bits per heavy atom. The number of carbonyl (C=O) groups is 1. The van der Waals surface area contributed by atoms with E-state index in [4.69, 9.17) is 4.98 Å². The maximum Gasteiger partial charge on any atom is 0.269 e. The molecule has 0 bridgehead atoms. The minimum absolute atomic E-state index is 0.0566. The van der Waals surface area contributed by atoms with Gasteiger partial charge in [0.05, 0.1) is 15.9 Å². The number of aromatic nitrogens is 3. The van der Waals surface area contributed by atoms with E-state index in [0.717, 1.165) is 42.3 Å². The van der Waals surface area contributed by atoms with E-state index in [0.29, 0.717) is 5.69 Å². The second kappa shape index (κ2) is 7.52. The van der Waals surface area contributed by atoms with Crippen molar-refractivity contribution in [2.24, 2.45) is 7.05 Å². The first-order chi connectivity index (χ1) is 13.0. The van der Waals surface area contributed by atoms with E-state index in [-0.39, 0.29) is 11.9 Å². The number of piperidine rings is 1. The standard InChI is InChI=1S/C19H23N5OS2/c1-12-9-16(23(2)22-12)18(25)20-13-5-4-8-24(11-13)19-21-15-7-6-14(26-3)10-17(15)27-19/h6-7,9-10,13H,4-5,8,11H2,1-3H3,(H,20,25). The van der Waals surface area contributed by atoms with E-state index in [1.807, 2.05) is 13.0 Å². The fourth-order valence-corrected chi connectivity index (χ4v) is 5.06. The maximum absolute atomic E-state index is 12.6. The Hall–Kier alpha value is -2.06. The van der Waals surface area contributed by atoms with Crippen LogP contribution in [-0.4, -0.2) is 46.1 Å². The summed E-state index contributed by atoms with van der Waals surface area (Å²) in [5, 5.41) is 8.48. The van der Waals surface area contributed by atoms with Gasteiger partial charge < -0.3 is 10.2 Å². The number of benzene rings is 1. The van der Waals surface area contributed by atoms with E-state index in [9.17, 15) is 4.79 Å². The molecule has 8 heteroatoms. The highest BCUT2D eigenvalue weighted by Crippen LogP contribution is 2.32. The van der Waals surface area contributed by atoms with Crippen LogP contribution in [0.1, 0.15) is 29.0 Å². The van der Waals surface area contributed by atoms with Crippen LogP contribution in [0.5, 0.6) is 0 Å². The maximum atomic E-state index is 12.6. The Morgan fingerprint density at radius 3 is 2.96 bits per heavy atom. The van der Waals surface area contributed by atoms with Crippen molar-refractivity contribution in [3.8, 4) is 0 Å². The van der Waals surface area contributed by atoms with Gasteiger partial charge in [-0.15, -0.1) is 11.8 Å². The van der Waals surface area contributed by atoms with E-state index in [1.165, 1.54) is 9.60 Å².